The standard InChI is InChI=1S/C17H19Cl2NO/c1-12(16-7-6-14(18)11-17(16)19)20-9-8-13-4-3-5-15(10-13)21-2/h3-7,10-12,20H,8-9H2,1-2H3. The van der Waals surface area contributed by atoms with Gasteiger partial charge in [0.1, 0.15) is 5.75 Å². The lowest BCUT2D eigenvalue weighted by molar-refractivity contribution is 0.414. The first-order valence-corrected chi connectivity index (χ1v) is 7.67. The van der Waals surface area contributed by atoms with E-state index in [9.17, 15) is 0 Å². The predicted octanol–water partition coefficient (Wildman–Crippen LogP) is 4.90. The zero-order valence-electron chi connectivity index (χ0n) is 12.2. The van der Waals surface area contributed by atoms with E-state index in [4.69, 9.17) is 27.9 Å². The topological polar surface area (TPSA) is 21.3 Å². The largest absolute Gasteiger partial charge is 0.497 e. The van der Waals surface area contributed by atoms with Crippen LogP contribution in [0.3, 0.4) is 0 Å². The number of hydrogen-bond donors (Lipinski definition) is 1. The number of methoxy groups -OCH3 is 1. The van der Waals surface area contributed by atoms with Gasteiger partial charge in [-0.1, -0.05) is 41.4 Å². The Balaban J connectivity index is 1.90. The van der Waals surface area contributed by atoms with Gasteiger partial charge in [-0.2, -0.15) is 0 Å². The molecule has 2 aromatic rings. The highest BCUT2D eigenvalue weighted by Crippen LogP contribution is 2.26. The van der Waals surface area contributed by atoms with Crippen LogP contribution in [0.4, 0.5) is 0 Å². The average molecular weight is 324 g/mol. The van der Waals surface area contributed by atoms with Crippen molar-refractivity contribution in [1.82, 2.24) is 5.32 Å². The zero-order valence-corrected chi connectivity index (χ0v) is 13.7. The molecule has 2 aromatic carbocycles. The minimum atomic E-state index is 0.181. The smallest absolute Gasteiger partial charge is 0.119 e. The average Bonchev–Trinajstić information content (AvgIpc) is 2.47. The van der Waals surface area contributed by atoms with Crippen LogP contribution in [0.15, 0.2) is 42.5 Å². The summed E-state index contributed by atoms with van der Waals surface area (Å²) in [5, 5.41) is 4.83. The summed E-state index contributed by atoms with van der Waals surface area (Å²) in [7, 11) is 1.68. The Morgan fingerprint density at radius 1 is 1.14 bits per heavy atom. The third-order valence-electron chi connectivity index (χ3n) is 3.43. The van der Waals surface area contributed by atoms with Gasteiger partial charge in [-0.15, -0.1) is 0 Å². The minimum Gasteiger partial charge on any atom is -0.497 e. The Kier molecular flexibility index (Phi) is 5.92. The van der Waals surface area contributed by atoms with Crippen molar-refractivity contribution in [1.29, 1.82) is 0 Å². The van der Waals surface area contributed by atoms with Gasteiger partial charge < -0.3 is 10.1 Å². The number of nitrogens with one attached hydrogen (secondary N) is 1. The van der Waals surface area contributed by atoms with Gasteiger partial charge in [0.05, 0.1) is 7.11 Å². The Morgan fingerprint density at radius 3 is 2.67 bits per heavy atom. The molecule has 2 rings (SSSR count). The molecule has 0 heterocycles. The molecule has 21 heavy (non-hydrogen) atoms. The van der Waals surface area contributed by atoms with Crippen molar-refractivity contribution >= 4 is 23.2 Å². The van der Waals surface area contributed by atoms with E-state index in [1.54, 1.807) is 13.2 Å². The fourth-order valence-corrected chi connectivity index (χ4v) is 2.80. The molecule has 0 aromatic heterocycles. The molecular formula is C17H19Cl2NO. The highest BCUT2D eigenvalue weighted by molar-refractivity contribution is 6.35. The molecule has 1 atom stereocenters. The maximum Gasteiger partial charge on any atom is 0.119 e. The van der Waals surface area contributed by atoms with Crippen LogP contribution in [0, 0.1) is 0 Å². The summed E-state index contributed by atoms with van der Waals surface area (Å²) in [4.78, 5) is 0. The van der Waals surface area contributed by atoms with Crippen molar-refractivity contribution in [3.63, 3.8) is 0 Å². The van der Waals surface area contributed by atoms with Crippen LogP contribution in [-0.2, 0) is 6.42 Å². The maximum atomic E-state index is 6.22. The molecule has 0 amide bonds. The monoisotopic (exact) mass is 323 g/mol. The fourth-order valence-electron chi connectivity index (χ4n) is 2.22. The van der Waals surface area contributed by atoms with Crippen LogP contribution in [-0.4, -0.2) is 13.7 Å². The number of ether oxygens (including phenoxy) is 1. The highest BCUT2D eigenvalue weighted by atomic mass is 35.5. The van der Waals surface area contributed by atoms with E-state index < -0.39 is 0 Å². The third kappa shape index (κ3) is 4.63. The summed E-state index contributed by atoms with van der Waals surface area (Å²) >= 11 is 12.1. The number of hydrogen-bond acceptors (Lipinski definition) is 2. The molecule has 0 aliphatic carbocycles. The molecule has 0 saturated heterocycles. The molecule has 0 aliphatic rings. The van der Waals surface area contributed by atoms with E-state index in [1.165, 1.54) is 5.56 Å². The molecule has 1 N–H and O–H groups in total. The van der Waals surface area contributed by atoms with Gasteiger partial charge in [-0.3, -0.25) is 0 Å². The van der Waals surface area contributed by atoms with E-state index in [2.05, 4.69) is 24.4 Å². The van der Waals surface area contributed by atoms with Gasteiger partial charge in [0.25, 0.3) is 0 Å². The van der Waals surface area contributed by atoms with Crippen molar-refractivity contribution in [3.05, 3.63) is 63.6 Å². The van der Waals surface area contributed by atoms with Crippen LogP contribution in [0.1, 0.15) is 24.1 Å². The molecule has 0 aliphatic heterocycles. The van der Waals surface area contributed by atoms with Crippen molar-refractivity contribution in [2.24, 2.45) is 0 Å². The number of rotatable bonds is 6. The van der Waals surface area contributed by atoms with Crippen LogP contribution in [0.5, 0.6) is 5.75 Å². The Morgan fingerprint density at radius 2 is 1.95 bits per heavy atom. The highest BCUT2D eigenvalue weighted by Gasteiger charge is 2.09. The molecule has 0 spiro atoms. The van der Waals surface area contributed by atoms with Gasteiger partial charge in [-0.25, -0.2) is 0 Å². The summed E-state index contributed by atoms with van der Waals surface area (Å²) in [6.07, 6.45) is 0.937. The van der Waals surface area contributed by atoms with Crippen LogP contribution in [0.25, 0.3) is 0 Å². The number of halogens is 2. The summed E-state index contributed by atoms with van der Waals surface area (Å²) in [6, 6.07) is 13.9. The molecule has 112 valence electrons. The van der Waals surface area contributed by atoms with Gasteiger partial charge in [0.2, 0.25) is 0 Å². The van der Waals surface area contributed by atoms with Gasteiger partial charge in [0.15, 0.2) is 0 Å². The lowest BCUT2D eigenvalue weighted by Crippen LogP contribution is -2.21. The molecule has 1 unspecified atom stereocenters. The zero-order chi connectivity index (χ0) is 15.2. The predicted molar refractivity (Wildman–Crippen MR) is 89.6 cm³/mol. The minimum absolute atomic E-state index is 0.181. The van der Waals surface area contributed by atoms with Crippen molar-refractivity contribution < 1.29 is 4.74 Å². The molecule has 0 bridgehead atoms. The second-order valence-electron chi connectivity index (χ2n) is 4.94. The molecule has 4 heteroatoms. The normalized spacial score (nSPS) is 12.2. The van der Waals surface area contributed by atoms with E-state index in [0.29, 0.717) is 10.0 Å². The summed E-state index contributed by atoms with van der Waals surface area (Å²) in [6.45, 7) is 2.97. The first kappa shape index (κ1) is 16.2. The van der Waals surface area contributed by atoms with Gasteiger partial charge >= 0.3 is 0 Å². The van der Waals surface area contributed by atoms with E-state index in [0.717, 1.165) is 24.3 Å². The maximum absolute atomic E-state index is 6.22. The van der Waals surface area contributed by atoms with Crippen molar-refractivity contribution in [3.8, 4) is 5.75 Å². The Hall–Kier alpha value is -1.22. The fraction of sp³-hybridized carbons (Fsp3) is 0.294. The first-order chi connectivity index (χ1) is 10.1. The first-order valence-electron chi connectivity index (χ1n) is 6.91. The molecule has 0 saturated carbocycles. The molecule has 0 fully saturated rings. The number of benzene rings is 2. The summed E-state index contributed by atoms with van der Waals surface area (Å²) < 4.78 is 5.23. The Bertz CT molecular complexity index is 601. The van der Waals surface area contributed by atoms with Gasteiger partial charge in [0, 0.05) is 16.1 Å². The molecule has 0 radical (unpaired) electrons. The summed E-state index contributed by atoms with van der Waals surface area (Å²) in [5.41, 5.74) is 2.31. The van der Waals surface area contributed by atoms with E-state index >= 15 is 0 Å². The molecule has 2 nitrogen and oxygen atoms in total. The van der Waals surface area contributed by atoms with Crippen LogP contribution < -0.4 is 10.1 Å². The summed E-state index contributed by atoms with van der Waals surface area (Å²) in [5.74, 6) is 0.890. The second kappa shape index (κ2) is 7.69. The van der Waals surface area contributed by atoms with Crippen molar-refractivity contribution in [2.45, 2.75) is 19.4 Å². The van der Waals surface area contributed by atoms with Crippen LogP contribution >= 0.6 is 23.2 Å². The van der Waals surface area contributed by atoms with E-state index in [-0.39, 0.29) is 6.04 Å². The van der Waals surface area contributed by atoms with Crippen LogP contribution in [0.2, 0.25) is 10.0 Å². The Labute approximate surface area is 136 Å². The SMILES string of the molecule is COc1cccc(CCNC(C)c2ccc(Cl)cc2Cl)c1. The lowest BCUT2D eigenvalue weighted by atomic mass is 10.1. The molecular weight excluding hydrogens is 305 g/mol. The third-order valence-corrected chi connectivity index (χ3v) is 3.99. The van der Waals surface area contributed by atoms with Gasteiger partial charge in [-0.05, 0) is 55.3 Å². The quantitative estimate of drug-likeness (QED) is 0.816. The lowest BCUT2D eigenvalue weighted by Gasteiger charge is -2.16. The van der Waals surface area contributed by atoms with Crippen molar-refractivity contribution in [2.75, 3.05) is 13.7 Å². The second-order valence-corrected chi connectivity index (χ2v) is 5.79. The van der Waals surface area contributed by atoms with E-state index in [1.807, 2.05) is 24.3 Å².